The lowest BCUT2D eigenvalue weighted by Crippen LogP contribution is -2.20. The fraction of sp³-hybridized carbons (Fsp3) is 0.667. The average molecular weight is 293 g/mol. The predicted octanol–water partition coefficient (Wildman–Crippen LogP) is 4.57. The summed E-state index contributed by atoms with van der Waals surface area (Å²) in [4.78, 5) is 0. The van der Waals surface area contributed by atoms with E-state index in [2.05, 4.69) is 25.2 Å². The third-order valence-corrected chi connectivity index (χ3v) is 4.27. The number of hydrogen-bond donors (Lipinski definition) is 1. The van der Waals surface area contributed by atoms with Gasteiger partial charge in [0.1, 0.15) is 11.5 Å². The highest BCUT2D eigenvalue weighted by Crippen LogP contribution is 2.34. The number of nitrogens with one attached hydrogen (secondary N) is 1. The second-order valence-electron chi connectivity index (χ2n) is 5.60. The first-order valence-electron chi connectivity index (χ1n) is 8.09. The standard InChI is InChI=1S/C18H31NO2/c1-6-8-9-14(7-2)12-17(19-3)16-13-15(20-4)10-11-18(16)21-5/h10-11,13-14,17,19H,6-9,12H2,1-5H3. The summed E-state index contributed by atoms with van der Waals surface area (Å²) in [6, 6.07) is 6.33. The van der Waals surface area contributed by atoms with Gasteiger partial charge in [-0.2, -0.15) is 0 Å². The summed E-state index contributed by atoms with van der Waals surface area (Å²) in [6.07, 6.45) is 6.24. The Hall–Kier alpha value is -1.22. The van der Waals surface area contributed by atoms with E-state index < -0.39 is 0 Å². The molecule has 120 valence electrons. The molecule has 0 aliphatic carbocycles. The molecule has 0 fully saturated rings. The Morgan fingerprint density at radius 2 is 1.90 bits per heavy atom. The molecule has 3 heteroatoms. The van der Waals surface area contributed by atoms with Crippen molar-refractivity contribution < 1.29 is 9.47 Å². The van der Waals surface area contributed by atoms with Crippen LogP contribution in [0.15, 0.2) is 18.2 Å². The van der Waals surface area contributed by atoms with Crippen LogP contribution < -0.4 is 14.8 Å². The van der Waals surface area contributed by atoms with E-state index in [9.17, 15) is 0 Å². The van der Waals surface area contributed by atoms with Crippen molar-refractivity contribution in [2.24, 2.45) is 5.92 Å². The molecule has 0 heterocycles. The van der Waals surface area contributed by atoms with Crippen LogP contribution in [0.1, 0.15) is 57.6 Å². The second kappa shape index (κ2) is 9.67. The topological polar surface area (TPSA) is 30.5 Å². The molecule has 1 rings (SSSR count). The first-order chi connectivity index (χ1) is 10.2. The van der Waals surface area contributed by atoms with Gasteiger partial charge in [-0.15, -0.1) is 0 Å². The minimum atomic E-state index is 0.303. The molecule has 1 aromatic carbocycles. The van der Waals surface area contributed by atoms with E-state index in [-0.39, 0.29) is 0 Å². The molecule has 2 atom stereocenters. The van der Waals surface area contributed by atoms with Gasteiger partial charge in [0.25, 0.3) is 0 Å². The largest absolute Gasteiger partial charge is 0.497 e. The van der Waals surface area contributed by atoms with Crippen LogP contribution >= 0.6 is 0 Å². The Labute approximate surface area is 130 Å². The number of unbranched alkanes of at least 4 members (excludes halogenated alkanes) is 1. The quantitative estimate of drug-likeness (QED) is 0.685. The van der Waals surface area contributed by atoms with Crippen LogP contribution in [-0.4, -0.2) is 21.3 Å². The van der Waals surface area contributed by atoms with Crippen LogP contribution in [0.4, 0.5) is 0 Å². The molecule has 0 saturated heterocycles. The third kappa shape index (κ3) is 5.24. The average Bonchev–Trinajstić information content (AvgIpc) is 2.54. The van der Waals surface area contributed by atoms with Crippen LogP contribution in [-0.2, 0) is 0 Å². The van der Waals surface area contributed by atoms with Crippen LogP contribution in [0, 0.1) is 5.92 Å². The highest BCUT2D eigenvalue weighted by Gasteiger charge is 2.19. The first-order valence-corrected chi connectivity index (χ1v) is 8.09. The van der Waals surface area contributed by atoms with Crippen LogP contribution in [0.3, 0.4) is 0 Å². The van der Waals surface area contributed by atoms with Gasteiger partial charge in [0.05, 0.1) is 14.2 Å². The summed E-state index contributed by atoms with van der Waals surface area (Å²) in [5, 5.41) is 3.45. The van der Waals surface area contributed by atoms with Crippen LogP contribution in [0.25, 0.3) is 0 Å². The molecule has 1 N–H and O–H groups in total. The van der Waals surface area contributed by atoms with E-state index >= 15 is 0 Å². The van der Waals surface area contributed by atoms with Gasteiger partial charge in [-0.05, 0) is 37.6 Å². The highest BCUT2D eigenvalue weighted by molar-refractivity contribution is 5.42. The van der Waals surface area contributed by atoms with Crippen LogP contribution in [0.2, 0.25) is 0 Å². The summed E-state index contributed by atoms with van der Waals surface area (Å²) in [5.41, 5.74) is 1.19. The fourth-order valence-corrected chi connectivity index (χ4v) is 2.83. The van der Waals surface area contributed by atoms with Crippen molar-refractivity contribution in [2.75, 3.05) is 21.3 Å². The Kier molecular flexibility index (Phi) is 8.21. The van der Waals surface area contributed by atoms with E-state index in [1.807, 2.05) is 19.2 Å². The number of methoxy groups -OCH3 is 2. The van der Waals surface area contributed by atoms with Gasteiger partial charge >= 0.3 is 0 Å². The molecule has 3 nitrogen and oxygen atoms in total. The van der Waals surface area contributed by atoms with Crippen molar-refractivity contribution in [1.82, 2.24) is 5.32 Å². The van der Waals surface area contributed by atoms with Crippen molar-refractivity contribution in [3.63, 3.8) is 0 Å². The zero-order valence-corrected chi connectivity index (χ0v) is 14.2. The van der Waals surface area contributed by atoms with E-state index in [1.165, 1.54) is 31.2 Å². The van der Waals surface area contributed by atoms with Crippen molar-refractivity contribution in [3.8, 4) is 11.5 Å². The molecule has 0 aromatic heterocycles. The normalized spacial score (nSPS) is 13.8. The molecular formula is C18H31NO2. The van der Waals surface area contributed by atoms with E-state index in [0.29, 0.717) is 6.04 Å². The first kappa shape index (κ1) is 17.8. The summed E-state index contributed by atoms with van der Waals surface area (Å²) >= 11 is 0. The number of benzene rings is 1. The molecule has 0 amide bonds. The van der Waals surface area contributed by atoms with Crippen molar-refractivity contribution in [2.45, 2.75) is 52.0 Å². The fourth-order valence-electron chi connectivity index (χ4n) is 2.83. The minimum absolute atomic E-state index is 0.303. The molecule has 0 aliphatic rings. The number of rotatable bonds is 10. The van der Waals surface area contributed by atoms with Crippen molar-refractivity contribution in [1.29, 1.82) is 0 Å². The molecule has 0 spiro atoms. The summed E-state index contributed by atoms with van der Waals surface area (Å²) in [7, 11) is 5.46. The molecule has 2 unspecified atom stereocenters. The summed E-state index contributed by atoms with van der Waals surface area (Å²) in [6.45, 7) is 4.54. The molecule has 0 saturated carbocycles. The minimum Gasteiger partial charge on any atom is -0.497 e. The Morgan fingerprint density at radius 3 is 2.43 bits per heavy atom. The van der Waals surface area contributed by atoms with Gasteiger partial charge in [-0.25, -0.2) is 0 Å². The predicted molar refractivity (Wildman–Crippen MR) is 89.3 cm³/mol. The Morgan fingerprint density at radius 1 is 1.14 bits per heavy atom. The molecule has 21 heavy (non-hydrogen) atoms. The van der Waals surface area contributed by atoms with Gasteiger partial charge in [-0.1, -0.05) is 39.5 Å². The monoisotopic (exact) mass is 293 g/mol. The van der Waals surface area contributed by atoms with Gasteiger partial charge in [0, 0.05) is 11.6 Å². The summed E-state index contributed by atoms with van der Waals surface area (Å²) < 4.78 is 10.9. The van der Waals surface area contributed by atoms with Gasteiger partial charge in [-0.3, -0.25) is 0 Å². The lowest BCUT2D eigenvalue weighted by atomic mass is 9.89. The lowest BCUT2D eigenvalue weighted by Gasteiger charge is -2.24. The van der Waals surface area contributed by atoms with E-state index in [4.69, 9.17) is 9.47 Å². The van der Waals surface area contributed by atoms with E-state index in [0.717, 1.165) is 23.8 Å². The highest BCUT2D eigenvalue weighted by atomic mass is 16.5. The molecule has 1 aromatic rings. The Balaban J connectivity index is 2.91. The van der Waals surface area contributed by atoms with Crippen molar-refractivity contribution >= 4 is 0 Å². The SMILES string of the molecule is CCCCC(CC)CC(NC)c1cc(OC)ccc1OC. The Bertz CT molecular complexity index is 406. The summed E-state index contributed by atoms with van der Waals surface area (Å²) in [5.74, 6) is 2.56. The zero-order valence-electron chi connectivity index (χ0n) is 14.2. The lowest BCUT2D eigenvalue weighted by molar-refractivity contribution is 0.348. The smallest absolute Gasteiger partial charge is 0.123 e. The van der Waals surface area contributed by atoms with Gasteiger partial charge < -0.3 is 14.8 Å². The maximum absolute atomic E-state index is 5.53. The van der Waals surface area contributed by atoms with Crippen molar-refractivity contribution in [3.05, 3.63) is 23.8 Å². The van der Waals surface area contributed by atoms with Gasteiger partial charge in [0.15, 0.2) is 0 Å². The molecule has 0 aliphatic heterocycles. The van der Waals surface area contributed by atoms with E-state index in [1.54, 1.807) is 14.2 Å². The molecule has 0 radical (unpaired) electrons. The zero-order chi connectivity index (χ0) is 15.7. The number of hydrogen-bond acceptors (Lipinski definition) is 3. The maximum Gasteiger partial charge on any atom is 0.123 e. The molecule has 0 bridgehead atoms. The second-order valence-corrected chi connectivity index (χ2v) is 5.60. The maximum atomic E-state index is 5.53. The van der Waals surface area contributed by atoms with Gasteiger partial charge in [0.2, 0.25) is 0 Å². The third-order valence-electron chi connectivity index (χ3n) is 4.27. The number of ether oxygens (including phenoxy) is 2. The molecular weight excluding hydrogens is 262 g/mol. The van der Waals surface area contributed by atoms with Crippen LogP contribution in [0.5, 0.6) is 11.5 Å².